The minimum atomic E-state index is 0.204. The van der Waals surface area contributed by atoms with Crippen molar-refractivity contribution in [1.29, 1.82) is 0 Å². The van der Waals surface area contributed by atoms with E-state index in [-0.39, 0.29) is 5.91 Å². The minimum absolute atomic E-state index is 0.204. The Kier molecular flexibility index (Phi) is 16.6. The topological polar surface area (TPSA) is 108 Å². The van der Waals surface area contributed by atoms with Crippen LogP contribution in [0.5, 0.6) is 0 Å². The lowest BCUT2D eigenvalue weighted by Gasteiger charge is -1.94. The molecule has 186 valence electrons. The van der Waals surface area contributed by atoms with Gasteiger partial charge in [0.1, 0.15) is 0 Å². The van der Waals surface area contributed by atoms with E-state index in [2.05, 4.69) is 36.2 Å². The lowest BCUT2D eigenvalue weighted by atomic mass is 10.3. The summed E-state index contributed by atoms with van der Waals surface area (Å²) in [7, 11) is 5.69. The van der Waals surface area contributed by atoms with Crippen molar-refractivity contribution in [2.75, 3.05) is 43.6 Å². The molecule has 6 N–H and O–H groups in total. The molecule has 0 saturated carbocycles. The van der Waals surface area contributed by atoms with Crippen LogP contribution in [0.3, 0.4) is 0 Å². The van der Waals surface area contributed by atoms with Crippen LogP contribution in [0.15, 0.2) is 104 Å². The number of carbonyl (C=O) groups excluding carboxylic acids is 1. The van der Waals surface area contributed by atoms with Gasteiger partial charge in [0.05, 0.1) is 0 Å². The molecule has 1 saturated heterocycles. The average molecular weight is 477 g/mol. The number of H-pyrrole nitrogens is 2. The van der Waals surface area contributed by atoms with Gasteiger partial charge in [-0.25, -0.2) is 4.98 Å². The molecule has 5 rings (SSSR count). The van der Waals surface area contributed by atoms with E-state index in [0.29, 0.717) is 0 Å². The number of hydrogen-bond donors (Lipinski definition) is 5. The van der Waals surface area contributed by atoms with E-state index < -0.39 is 0 Å². The highest BCUT2D eigenvalue weighted by atomic mass is 16.1. The first-order valence-corrected chi connectivity index (χ1v) is 11.5. The third-order valence-corrected chi connectivity index (χ3v) is 4.44. The van der Waals surface area contributed by atoms with Crippen LogP contribution in [0.4, 0.5) is 17.1 Å². The largest absolute Gasteiger partial charge is 0.388 e. The molecule has 1 amide bonds. The number of para-hydroxylation sites is 1. The Bertz CT molecular complexity index is 847. The number of carbonyl (C=O) groups is 1. The van der Waals surface area contributed by atoms with Gasteiger partial charge in [0.2, 0.25) is 5.91 Å². The van der Waals surface area contributed by atoms with E-state index in [1.54, 1.807) is 12.4 Å². The molecule has 35 heavy (non-hydrogen) atoms. The van der Waals surface area contributed by atoms with Gasteiger partial charge < -0.3 is 26.3 Å². The van der Waals surface area contributed by atoms with Crippen molar-refractivity contribution in [2.45, 2.75) is 12.8 Å². The Morgan fingerprint density at radius 2 is 1.29 bits per heavy atom. The Labute approximate surface area is 208 Å². The molecule has 0 spiro atoms. The molecule has 8 heteroatoms. The molecule has 1 fully saturated rings. The van der Waals surface area contributed by atoms with Crippen molar-refractivity contribution < 1.29 is 9.78 Å². The molecule has 1 aliphatic rings. The SMILES string of the molecule is CNc1cc[nH+]cc1.CNc1ccccc1.CNc1ccncc1.O=C1CCCN1.c1cc[nH]c1. The van der Waals surface area contributed by atoms with Gasteiger partial charge in [-0.1, -0.05) is 18.2 Å². The normalized spacial score (nSPS) is 10.7. The van der Waals surface area contributed by atoms with Crippen molar-refractivity contribution in [3.05, 3.63) is 104 Å². The average Bonchev–Trinajstić information content (AvgIpc) is 3.69. The van der Waals surface area contributed by atoms with Crippen LogP contribution in [0, 0.1) is 0 Å². The number of aromatic amines is 2. The second-order valence-corrected chi connectivity index (χ2v) is 6.98. The van der Waals surface area contributed by atoms with E-state index in [1.807, 2.05) is 113 Å². The number of benzene rings is 1. The molecule has 1 aliphatic heterocycles. The van der Waals surface area contributed by atoms with Gasteiger partial charge in [0.15, 0.2) is 12.4 Å². The van der Waals surface area contributed by atoms with Crippen LogP contribution >= 0.6 is 0 Å². The van der Waals surface area contributed by atoms with E-state index in [1.165, 1.54) is 0 Å². The lowest BCUT2D eigenvalue weighted by Crippen LogP contribution is -2.12. The van der Waals surface area contributed by atoms with Crippen LogP contribution in [-0.2, 0) is 4.79 Å². The number of hydrogen-bond acceptors (Lipinski definition) is 5. The molecule has 0 radical (unpaired) electrons. The van der Waals surface area contributed by atoms with E-state index >= 15 is 0 Å². The first-order valence-electron chi connectivity index (χ1n) is 11.5. The van der Waals surface area contributed by atoms with Crippen LogP contribution in [0.2, 0.25) is 0 Å². The Morgan fingerprint density at radius 3 is 1.60 bits per heavy atom. The molecule has 4 heterocycles. The van der Waals surface area contributed by atoms with Gasteiger partial charge in [-0.05, 0) is 42.8 Å². The highest BCUT2D eigenvalue weighted by Crippen LogP contribution is 2.01. The van der Waals surface area contributed by atoms with Crippen LogP contribution in [-0.4, -0.2) is 43.6 Å². The highest BCUT2D eigenvalue weighted by molar-refractivity contribution is 5.77. The van der Waals surface area contributed by atoms with E-state index in [0.717, 1.165) is 36.4 Å². The van der Waals surface area contributed by atoms with Gasteiger partial charge >= 0.3 is 0 Å². The maximum atomic E-state index is 10.1. The molecule has 4 aromatic rings. The fourth-order valence-corrected chi connectivity index (χ4v) is 2.52. The maximum Gasteiger partial charge on any atom is 0.220 e. The maximum absolute atomic E-state index is 10.1. The van der Waals surface area contributed by atoms with Gasteiger partial charge in [-0.15, -0.1) is 0 Å². The summed E-state index contributed by atoms with van der Waals surface area (Å²) in [5, 5.41) is 11.7. The molecular formula is C27H38N7O+. The van der Waals surface area contributed by atoms with Crippen LogP contribution in [0.1, 0.15) is 12.8 Å². The van der Waals surface area contributed by atoms with Crippen molar-refractivity contribution in [3.8, 4) is 0 Å². The predicted octanol–water partition coefficient (Wildman–Crippen LogP) is 4.31. The van der Waals surface area contributed by atoms with Crippen LogP contribution < -0.4 is 26.3 Å². The molecule has 1 aromatic carbocycles. The van der Waals surface area contributed by atoms with Crippen LogP contribution in [0.25, 0.3) is 0 Å². The summed E-state index contributed by atoms with van der Waals surface area (Å²) in [6.07, 6.45) is 12.8. The first-order chi connectivity index (χ1) is 17.2. The van der Waals surface area contributed by atoms with E-state index in [4.69, 9.17) is 0 Å². The Morgan fingerprint density at radius 1 is 0.743 bits per heavy atom. The van der Waals surface area contributed by atoms with Crippen molar-refractivity contribution in [1.82, 2.24) is 15.3 Å². The molecule has 0 aliphatic carbocycles. The summed E-state index contributed by atoms with van der Waals surface area (Å²) in [4.78, 5) is 19.8. The molecule has 0 unspecified atom stereocenters. The Balaban J connectivity index is 0.000000221. The van der Waals surface area contributed by atoms with Gasteiger partial charge in [-0.2, -0.15) is 0 Å². The van der Waals surface area contributed by atoms with Crippen molar-refractivity contribution in [3.63, 3.8) is 0 Å². The number of amides is 1. The second kappa shape index (κ2) is 20.3. The number of anilines is 3. The summed E-state index contributed by atoms with van der Waals surface area (Å²) in [5.41, 5.74) is 3.39. The zero-order valence-corrected chi connectivity index (χ0v) is 20.8. The summed E-state index contributed by atoms with van der Waals surface area (Å²) in [6, 6.07) is 21.7. The fraction of sp³-hybridized carbons (Fsp3) is 0.222. The third-order valence-electron chi connectivity index (χ3n) is 4.44. The van der Waals surface area contributed by atoms with Crippen molar-refractivity contribution in [2.24, 2.45) is 0 Å². The van der Waals surface area contributed by atoms with Gasteiger partial charge in [-0.3, -0.25) is 9.78 Å². The summed E-state index contributed by atoms with van der Waals surface area (Å²) in [6.45, 7) is 0.888. The van der Waals surface area contributed by atoms with Gasteiger partial charge in [0.25, 0.3) is 0 Å². The Hall–Kier alpha value is -4.33. The van der Waals surface area contributed by atoms with Gasteiger partial charge in [0, 0.05) is 88.1 Å². The number of rotatable bonds is 3. The molecule has 3 aromatic heterocycles. The minimum Gasteiger partial charge on any atom is -0.388 e. The molecule has 8 nitrogen and oxygen atoms in total. The van der Waals surface area contributed by atoms with Crippen molar-refractivity contribution >= 4 is 23.0 Å². The fourth-order valence-electron chi connectivity index (χ4n) is 2.52. The predicted molar refractivity (Wildman–Crippen MR) is 145 cm³/mol. The lowest BCUT2D eigenvalue weighted by molar-refractivity contribution is -0.377. The summed E-state index contributed by atoms with van der Waals surface area (Å²) >= 11 is 0. The second-order valence-electron chi connectivity index (χ2n) is 6.98. The zero-order valence-electron chi connectivity index (χ0n) is 20.8. The standard InChI is InChI=1S/C7H9N.2C6H8N2.C4H7NO.C4H5N/c1-8-7-5-3-2-4-6-7;2*1-7-6-2-4-8-5-3-6;6-4-2-1-3-5-4;1-2-4-5-3-1/h2-6,8H,1H3;2*2-5H,1H3,(H,7,8);1-3H2,(H,5,6);1-5H/p+1. The quantitative estimate of drug-likeness (QED) is 0.303. The summed E-state index contributed by atoms with van der Waals surface area (Å²) < 4.78 is 0. The number of nitrogens with one attached hydrogen (secondary N) is 6. The monoisotopic (exact) mass is 476 g/mol. The number of aromatic nitrogens is 3. The third kappa shape index (κ3) is 16.0. The highest BCUT2D eigenvalue weighted by Gasteiger charge is 2.05. The molecule has 0 atom stereocenters. The first kappa shape index (κ1) is 28.7. The zero-order chi connectivity index (χ0) is 25.4. The molecule has 0 bridgehead atoms. The molecular weight excluding hydrogens is 438 g/mol. The summed E-state index contributed by atoms with van der Waals surface area (Å²) in [5.74, 6) is 0.204. The number of nitrogens with zero attached hydrogens (tertiary/aromatic N) is 1. The smallest absolute Gasteiger partial charge is 0.220 e. The van der Waals surface area contributed by atoms with E-state index in [9.17, 15) is 4.79 Å². The number of pyridine rings is 2.